The quantitative estimate of drug-likeness (QED) is 0.842. The first-order valence-electron chi connectivity index (χ1n) is 5.33. The summed E-state index contributed by atoms with van der Waals surface area (Å²) in [6, 6.07) is 10.2. The average Bonchev–Trinajstić information content (AvgIpc) is 2.40. The van der Waals surface area contributed by atoms with Crippen LogP contribution in [0.3, 0.4) is 0 Å². The Kier molecular flexibility index (Phi) is 3.87. The van der Waals surface area contributed by atoms with Gasteiger partial charge in [0, 0.05) is 15.6 Å². The highest BCUT2D eigenvalue weighted by Crippen LogP contribution is 2.39. The fourth-order valence-corrected chi connectivity index (χ4v) is 2.16. The third-order valence-corrected chi connectivity index (χ3v) is 3.11. The van der Waals surface area contributed by atoms with Gasteiger partial charge in [-0.15, -0.1) is 0 Å². The van der Waals surface area contributed by atoms with E-state index in [0.29, 0.717) is 22.6 Å². The molecule has 0 saturated carbocycles. The lowest BCUT2D eigenvalue weighted by Crippen LogP contribution is -1.94. The predicted octanol–water partition coefficient (Wildman–Crippen LogP) is 4.27. The smallest absolute Gasteiger partial charge is 0.168 e. The summed E-state index contributed by atoms with van der Waals surface area (Å²) in [6.07, 6.45) is 0. The van der Waals surface area contributed by atoms with Crippen LogP contribution in [0.15, 0.2) is 40.9 Å². The van der Waals surface area contributed by atoms with Crippen molar-refractivity contribution < 1.29 is 13.9 Å². The van der Waals surface area contributed by atoms with Gasteiger partial charge in [0.25, 0.3) is 0 Å². The van der Waals surface area contributed by atoms with Crippen LogP contribution in [0.2, 0.25) is 0 Å². The summed E-state index contributed by atoms with van der Waals surface area (Å²) in [6.45, 7) is 0. The van der Waals surface area contributed by atoms with Crippen molar-refractivity contribution in [1.29, 1.82) is 0 Å². The molecule has 2 aromatic carbocycles. The highest BCUT2D eigenvalue weighted by atomic mass is 79.9. The zero-order valence-electron chi connectivity index (χ0n) is 10.0. The summed E-state index contributed by atoms with van der Waals surface area (Å²) >= 11 is 3.34. The highest BCUT2D eigenvalue weighted by Gasteiger charge is 2.14. The van der Waals surface area contributed by atoms with Crippen molar-refractivity contribution in [3.05, 3.63) is 46.7 Å². The zero-order chi connectivity index (χ0) is 13.1. The first kappa shape index (κ1) is 12.9. The Hall–Kier alpha value is -1.55. The molecule has 0 saturated heterocycles. The molecule has 0 aliphatic heterocycles. The Morgan fingerprint density at radius 3 is 2.44 bits per heavy atom. The third-order valence-electron chi connectivity index (χ3n) is 2.62. The molecule has 2 aromatic rings. The lowest BCUT2D eigenvalue weighted by molar-refractivity contribution is 0.356. The fraction of sp³-hybridized carbons (Fsp3) is 0.143. The topological polar surface area (TPSA) is 18.5 Å². The molecule has 94 valence electrons. The Bertz CT molecular complexity index is 570. The molecule has 18 heavy (non-hydrogen) atoms. The molecule has 2 rings (SSSR count). The van der Waals surface area contributed by atoms with Crippen molar-refractivity contribution in [2.75, 3.05) is 14.2 Å². The van der Waals surface area contributed by atoms with E-state index in [2.05, 4.69) is 15.9 Å². The van der Waals surface area contributed by atoms with Crippen molar-refractivity contribution in [2.45, 2.75) is 0 Å². The molecule has 0 fully saturated rings. The lowest BCUT2D eigenvalue weighted by Gasteiger charge is -2.13. The van der Waals surface area contributed by atoms with Crippen LogP contribution in [-0.2, 0) is 0 Å². The van der Waals surface area contributed by atoms with E-state index in [-0.39, 0.29) is 5.82 Å². The SMILES string of the molecule is COc1cccc(-c2cc(Br)ccc2F)c1OC. The van der Waals surface area contributed by atoms with Gasteiger partial charge < -0.3 is 9.47 Å². The minimum Gasteiger partial charge on any atom is -0.493 e. The summed E-state index contributed by atoms with van der Waals surface area (Å²) < 4.78 is 25.2. The van der Waals surface area contributed by atoms with Crippen LogP contribution in [0.25, 0.3) is 11.1 Å². The third kappa shape index (κ3) is 2.34. The summed E-state index contributed by atoms with van der Waals surface area (Å²) in [5, 5.41) is 0. The number of methoxy groups -OCH3 is 2. The van der Waals surface area contributed by atoms with Crippen molar-refractivity contribution in [3.63, 3.8) is 0 Å². The van der Waals surface area contributed by atoms with E-state index in [1.807, 2.05) is 0 Å². The van der Waals surface area contributed by atoms with Crippen LogP contribution < -0.4 is 9.47 Å². The summed E-state index contributed by atoms with van der Waals surface area (Å²) in [4.78, 5) is 0. The molecule has 0 radical (unpaired) electrons. The van der Waals surface area contributed by atoms with E-state index in [4.69, 9.17) is 9.47 Å². The molecule has 4 heteroatoms. The van der Waals surface area contributed by atoms with Gasteiger partial charge in [0.15, 0.2) is 11.5 Å². The van der Waals surface area contributed by atoms with Gasteiger partial charge in [-0.1, -0.05) is 28.1 Å². The van der Waals surface area contributed by atoms with Gasteiger partial charge in [-0.25, -0.2) is 4.39 Å². The van der Waals surface area contributed by atoms with Crippen LogP contribution in [0.1, 0.15) is 0 Å². The van der Waals surface area contributed by atoms with Gasteiger partial charge in [0.1, 0.15) is 5.82 Å². The summed E-state index contributed by atoms with van der Waals surface area (Å²) in [5.41, 5.74) is 1.13. The molecule has 0 N–H and O–H groups in total. The van der Waals surface area contributed by atoms with Gasteiger partial charge in [0.2, 0.25) is 0 Å². The van der Waals surface area contributed by atoms with E-state index in [1.54, 1.807) is 37.4 Å². The maximum atomic E-state index is 13.9. The molecule has 0 aliphatic rings. The van der Waals surface area contributed by atoms with E-state index in [0.717, 1.165) is 4.47 Å². The average molecular weight is 311 g/mol. The monoisotopic (exact) mass is 310 g/mol. The molecule has 2 nitrogen and oxygen atoms in total. The van der Waals surface area contributed by atoms with Crippen molar-refractivity contribution in [2.24, 2.45) is 0 Å². The van der Waals surface area contributed by atoms with Crippen molar-refractivity contribution >= 4 is 15.9 Å². The number of rotatable bonds is 3. The minimum atomic E-state index is -0.301. The summed E-state index contributed by atoms with van der Waals surface area (Å²) in [5.74, 6) is 0.802. The standard InChI is InChI=1S/C14H12BrFO2/c1-17-13-5-3-4-10(14(13)18-2)11-8-9(15)6-7-12(11)16/h3-8H,1-2H3. The first-order valence-corrected chi connectivity index (χ1v) is 6.13. The molecule has 0 heterocycles. The Labute approximate surface area is 113 Å². The fourth-order valence-electron chi connectivity index (χ4n) is 1.80. The van der Waals surface area contributed by atoms with Crippen molar-refractivity contribution in [3.8, 4) is 22.6 Å². The molecular formula is C14H12BrFO2. The van der Waals surface area contributed by atoms with Gasteiger partial charge >= 0.3 is 0 Å². The van der Waals surface area contributed by atoms with Gasteiger partial charge in [-0.05, 0) is 24.3 Å². The molecule has 0 bridgehead atoms. The normalized spacial score (nSPS) is 10.2. The first-order chi connectivity index (χ1) is 8.67. The molecule has 0 spiro atoms. The molecule has 0 unspecified atom stereocenters. The Morgan fingerprint density at radius 2 is 1.78 bits per heavy atom. The number of hydrogen-bond acceptors (Lipinski definition) is 2. The van der Waals surface area contributed by atoms with E-state index >= 15 is 0 Å². The molecule has 0 atom stereocenters. The van der Waals surface area contributed by atoms with Crippen LogP contribution in [0.5, 0.6) is 11.5 Å². The predicted molar refractivity (Wildman–Crippen MR) is 72.6 cm³/mol. The van der Waals surface area contributed by atoms with Crippen molar-refractivity contribution in [1.82, 2.24) is 0 Å². The van der Waals surface area contributed by atoms with E-state index < -0.39 is 0 Å². The number of ether oxygens (including phenoxy) is 2. The number of benzene rings is 2. The second kappa shape index (κ2) is 5.40. The van der Waals surface area contributed by atoms with Crippen LogP contribution in [0, 0.1) is 5.82 Å². The van der Waals surface area contributed by atoms with E-state index in [1.165, 1.54) is 13.2 Å². The second-order valence-corrected chi connectivity index (χ2v) is 4.58. The van der Waals surface area contributed by atoms with Gasteiger partial charge in [-0.3, -0.25) is 0 Å². The van der Waals surface area contributed by atoms with Gasteiger partial charge in [-0.2, -0.15) is 0 Å². The largest absolute Gasteiger partial charge is 0.493 e. The molecule has 0 amide bonds. The minimum absolute atomic E-state index is 0.301. The number of hydrogen-bond donors (Lipinski definition) is 0. The molecule has 0 aliphatic carbocycles. The lowest BCUT2D eigenvalue weighted by atomic mass is 10.0. The molecular weight excluding hydrogens is 299 g/mol. The van der Waals surface area contributed by atoms with Crippen LogP contribution >= 0.6 is 15.9 Å². The maximum Gasteiger partial charge on any atom is 0.168 e. The van der Waals surface area contributed by atoms with Crippen LogP contribution in [0.4, 0.5) is 4.39 Å². The summed E-state index contributed by atoms with van der Waals surface area (Å²) in [7, 11) is 3.09. The number of para-hydroxylation sites is 1. The molecule has 0 aromatic heterocycles. The maximum absolute atomic E-state index is 13.9. The number of halogens is 2. The van der Waals surface area contributed by atoms with E-state index in [9.17, 15) is 4.39 Å². The van der Waals surface area contributed by atoms with Crippen LogP contribution in [-0.4, -0.2) is 14.2 Å². The second-order valence-electron chi connectivity index (χ2n) is 3.67. The zero-order valence-corrected chi connectivity index (χ0v) is 11.6. The van der Waals surface area contributed by atoms with Gasteiger partial charge in [0.05, 0.1) is 14.2 Å². The Morgan fingerprint density at radius 1 is 1.00 bits per heavy atom. The highest BCUT2D eigenvalue weighted by molar-refractivity contribution is 9.10. The Balaban J connectivity index is 2.66.